The number of aliphatic imine (C=N–C) groups is 4. The Morgan fingerprint density at radius 1 is 0.280 bits per heavy atom. The second-order valence-corrected chi connectivity index (χ2v) is 19.9. The summed E-state index contributed by atoms with van der Waals surface area (Å²) in [5.41, 5.74) is 21.9. The number of aryl methyl sites for hydroxylation is 8. The molecule has 0 aliphatic heterocycles. The number of nitrogens with zero attached hydrogens (tertiary/aromatic N) is 6. The van der Waals surface area contributed by atoms with Crippen molar-refractivity contribution < 1.29 is 43.8 Å². The van der Waals surface area contributed by atoms with Crippen molar-refractivity contribution in [3.05, 3.63) is 225 Å². The summed E-state index contributed by atoms with van der Waals surface area (Å²) in [6.45, 7) is 25.6. The van der Waals surface area contributed by atoms with Crippen molar-refractivity contribution in [2.45, 2.75) is 134 Å². The van der Waals surface area contributed by atoms with Gasteiger partial charge in [0.1, 0.15) is 0 Å². The predicted molar refractivity (Wildman–Crippen MR) is 337 cm³/mol. The summed E-state index contributed by atoms with van der Waals surface area (Å²) < 4.78 is 0. The van der Waals surface area contributed by atoms with Crippen LogP contribution in [0.2, 0.25) is 0 Å². The molecule has 0 saturated carbocycles. The maximum Gasteiger partial charge on any atom is 0.0849 e. The molecule has 2 aromatic heterocycles. The molecule has 0 aliphatic carbocycles. The number of para-hydroxylation sites is 4. The Balaban J connectivity index is 0.000000234. The fourth-order valence-corrected chi connectivity index (χ4v) is 10.1. The van der Waals surface area contributed by atoms with E-state index in [-0.39, 0.29) is 33.6 Å². The Hall–Kier alpha value is -7.35. The topological polar surface area (TPSA) is 121 Å². The molecule has 0 unspecified atom stereocenters. The molecular formula is C72H78Co2N6O2-2. The van der Waals surface area contributed by atoms with E-state index in [4.69, 9.17) is 29.9 Å². The van der Waals surface area contributed by atoms with Gasteiger partial charge < -0.3 is 10.2 Å². The van der Waals surface area contributed by atoms with Crippen molar-refractivity contribution in [1.82, 2.24) is 9.97 Å². The summed E-state index contributed by atoms with van der Waals surface area (Å²) in [6, 6.07) is 52.6. The van der Waals surface area contributed by atoms with E-state index in [1.54, 1.807) is 24.3 Å². The van der Waals surface area contributed by atoms with E-state index in [1.807, 2.05) is 76.2 Å². The second kappa shape index (κ2) is 31.8. The van der Waals surface area contributed by atoms with Crippen LogP contribution in [0.4, 0.5) is 22.7 Å². The molecule has 2 radical (unpaired) electrons. The number of benzene rings is 7. The molecule has 7 aromatic carbocycles. The molecule has 10 heteroatoms. The minimum Gasteiger partial charge on any atom is -0.872 e. The van der Waals surface area contributed by atoms with Gasteiger partial charge in [0.2, 0.25) is 0 Å². The summed E-state index contributed by atoms with van der Waals surface area (Å²) >= 11 is 0. The van der Waals surface area contributed by atoms with Gasteiger partial charge in [-0.15, -0.1) is 11.5 Å². The summed E-state index contributed by atoms with van der Waals surface area (Å²) in [7, 11) is 0. The van der Waals surface area contributed by atoms with E-state index >= 15 is 0 Å². The molecule has 9 aromatic rings. The maximum absolute atomic E-state index is 11.8. The van der Waals surface area contributed by atoms with E-state index in [0.29, 0.717) is 10.8 Å². The Bertz CT molecular complexity index is 3240. The van der Waals surface area contributed by atoms with Crippen LogP contribution in [0.5, 0.6) is 11.5 Å². The van der Waals surface area contributed by atoms with E-state index < -0.39 is 11.5 Å². The number of rotatable bonds is 16. The van der Waals surface area contributed by atoms with Crippen molar-refractivity contribution in [3.8, 4) is 11.5 Å². The van der Waals surface area contributed by atoms with Crippen LogP contribution in [0.1, 0.15) is 150 Å². The fourth-order valence-electron chi connectivity index (χ4n) is 10.1. The van der Waals surface area contributed by atoms with Crippen molar-refractivity contribution in [2.24, 2.45) is 20.0 Å². The van der Waals surface area contributed by atoms with E-state index in [0.717, 1.165) is 131 Å². The van der Waals surface area contributed by atoms with Crippen molar-refractivity contribution >= 4 is 67.1 Å². The van der Waals surface area contributed by atoms with Gasteiger partial charge in [0.25, 0.3) is 0 Å². The quantitative estimate of drug-likeness (QED) is 0.0706. The van der Waals surface area contributed by atoms with Crippen LogP contribution in [0.15, 0.2) is 178 Å². The molecule has 0 saturated heterocycles. The first-order valence-electron chi connectivity index (χ1n) is 28.7. The second-order valence-electron chi connectivity index (χ2n) is 19.9. The van der Waals surface area contributed by atoms with Gasteiger partial charge in [-0.1, -0.05) is 189 Å². The largest absolute Gasteiger partial charge is 0.872 e. The van der Waals surface area contributed by atoms with Gasteiger partial charge in [0, 0.05) is 33.6 Å². The minimum atomic E-state index is -0.408. The zero-order chi connectivity index (χ0) is 57.3. The molecular weight excluding hydrogens is 1100 g/mol. The maximum atomic E-state index is 11.8. The predicted octanol–water partition coefficient (Wildman–Crippen LogP) is 17.4. The van der Waals surface area contributed by atoms with Crippen LogP contribution in [-0.4, -0.2) is 32.8 Å². The van der Waals surface area contributed by atoms with Gasteiger partial charge in [0.15, 0.2) is 0 Å². The van der Waals surface area contributed by atoms with Crippen molar-refractivity contribution in [1.29, 1.82) is 0 Å². The van der Waals surface area contributed by atoms with Gasteiger partial charge in [-0.25, -0.2) is 9.97 Å². The van der Waals surface area contributed by atoms with Crippen LogP contribution in [-0.2, 0) is 84.9 Å². The molecule has 82 heavy (non-hydrogen) atoms. The Labute approximate surface area is 508 Å². The van der Waals surface area contributed by atoms with E-state index in [2.05, 4.69) is 140 Å². The molecule has 8 nitrogen and oxygen atoms in total. The standard InChI is InChI=1S/2C29H35N3.C14H10O2.2Co/c2*1-7-22-14-11-15-23(8-2)28(22)30-20(5)26-18-13-19-27(32-26)21(6)31-29-24(9-3)16-12-17-25(29)10-4;15-13-11-7-3-1-5-9(11)10-6-2-4-8-12(10)14(13)16;;/h2*11-19H,7-10H2,1-6H3;1-8,15-16H;;/p-2. The number of aromatic nitrogens is 2. The first kappa shape index (κ1) is 65.5. The van der Waals surface area contributed by atoms with Gasteiger partial charge in [-0.05, 0) is 169 Å². The molecule has 0 bridgehead atoms. The molecule has 0 aliphatic rings. The van der Waals surface area contributed by atoms with Crippen molar-refractivity contribution in [3.63, 3.8) is 0 Å². The molecule has 0 N–H and O–H groups in total. The molecule has 0 amide bonds. The van der Waals surface area contributed by atoms with Gasteiger partial charge in [-0.3, -0.25) is 20.0 Å². The molecule has 2 heterocycles. The monoisotopic (exact) mass is 1180 g/mol. The van der Waals surface area contributed by atoms with E-state index in [9.17, 15) is 10.2 Å². The van der Waals surface area contributed by atoms with Crippen LogP contribution in [0, 0.1) is 0 Å². The van der Waals surface area contributed by atoms with Crippen LogP contribution < -0.4 is 10.2 Å². The summed E-state index contributed by atoms with van der Waals surface area (Å²) in [5.74, 6) is -0.816. The average molecular weight is 1180 g/mol. The Kier molecular flexibility index (Phi) is 25.3. The molecule has 428 valence electrons. The Morgan fingerprint density at radius 2 is 0.463 bits per heavy atom. The summed E-state index contributed by atoms with van der Waals surface area (Å²) in [6.07, 6.45) is 7.74. The van der Waals surface area contributed by atoms with Crippen LogP contribution >= 0.6 is 0 Å². The zero-order valence-corrected chi connectivity index (χ0v) is 51.9. The van der Waals surface area contributed by atoms with Crippen molar-refractivity contribution in [2.75, 3.05) is 0 Å². The SMILES string of the molecule is CCc1cccc(CC)c1N=C(C)c1cccc(C(C)=Nc2c(CC)cccc2CC)n1.CCc1cccc(CC)c1N=C(C)c1cccc(C(C)=Nc2c(CC)cccc2CC)n1.[Co].[Co].[O-]c1c([O-])c2ccccc2c2ccccc12. The third-order valence-electron chi connectivity index (χ3n) is 14.8. The first-order chi connectivity index (χ1) is 38.8. The van der Waals surface area contributed by atoms with Gasteiger partial charge in [0.05, 0.1) is 68.4 Å². The third kappa shape index (κ3) is 15.6. The van der Waals surface area contributed by atoms with Gasteiger partial charge in [-0.2, -0.15) is 0 Å². The number of hydrogen-bond acceptors (Lipinski definition) is 8. The Morgan fingerprint density at radius 3 is 0.659 bits per heavy atom. The van der Waals surface area contributed by atoms with E-state index in [1.165, 1.54) is 44.5 Å². The number of pyridine rings is 2. The summed E-state index contributed by atoms with van der Waals surface area (Å²) in [5, 5.41) is 26.4. The van der Waals surface area contributed by atoms with Gasteiger partial charge >= 0.3 is 0 Å². The molecule has 9 rings (SSSR count). The van der Waals surface area contributed by atoms with Crippen LogP contribution in [0.3, 0.4) is 0 Å². The fraction of sp³-hybridized carbons (Fsp3) is 0.278. The normalized spacial score (nSPS) is 11.8. The molecule has 0 spiro atoms. The zero-order valence-electron chi connectivity index (χ0n) is 49.8. The molecule has 0 atom stereocenters. The van der Waals surface area contributed by atoms with Crippen LogP contribution in [0.25, 0.3) is 21.5 Å². The average Bonchev–Trinajstić information content (AvgIpc) is 3.52. The number of hydrogen-bond donors (Lipinski definition) is 0. The number of fused-ring (bicyclic) bond motifs is 3. The minimum absolute atomic E-state index is 0. The summed E-state index contributed by atoms with van der Waals surface area (Å²) in [4.78, 5) is 29.9. The third-order valence-corrected chi connectivity index (χ3v) is 14.8. The smallest absolute Gasteiger partial charge is 0.0849 e. The molecule has 0 fully saturated rings. The first-order valence-corrected chi connectivity index (χ1v) is 28.7.